The average Bonchev–Trinajstić information content (AvgIpc) is 3.69. The summed E-state index contributed by atoms with van der Waals surface area (Å²) in [5.74, 6) is -14.8. The summed E-state index contributed by atoms with van der Waals surface area (Å²) in [6.45, 7) is 12.0. The predicted octanol–water partition coefficient (Wildman–Crippen LogP) is 6.72. The molecule has 0 unspecified atom stereocenters. The highest BCUT2D eigenvalue weighted by Gasteiger charge is 2.50. The van der Waals surface area contributed by atoms with E-state index in [4.69, 9.17) is 18.9 Å². The Bertz CT molecular complexity index is 3580. The molecular formula is C57H61F3N6O15. The first-order valence-corrected chi connectivity index (χ1v) is 25.8. The van der Waals surface area contributed by atoms with Gasteiger partial charge < -0.3 is 59.8 Å². The maximum absolute atomic E-state index is 16.0. The summed E-state index contributed by atoms with van der Waals surface area (Å²) >= 11 is 0. The number of piperazine rings is 1. The number of hydrazone groups is 1. The van der Waals surface area contributed by atoms with E-state index in [1.165, 1.54) is 62.9 Å². The topological polar surface area (TPSA) is 292 Å². The number of halogens is 3. The molecule has 7 N–H and O–H groups in total. The number of aromatic hydroxyl groups is 3. The molecule has 4 aliphatic rings. The Morgan fingerprint density at radius 1 is 0.901 bits per heavy atom. The van der Waals surface area contributed by atoms with Gasteiger partial charge in [-0.1, -0.05) is 45.9 Å². The van der Waals surface area contributed by atoms with E-state index in [0.29, 0.717) is 6.07 Å². The summed E-state index contributed by atoms with van der Waals surface area (Å²) in [7, 11) is 1.39. The van der Waals surface area contributed by atoms with E-state index < -0.39 is 145 Å². The number of aliphatic hydroxyl groups is 2. The van der Waals surface area contributed by atoms with Crippen molar-refractivity contribution in [2.75, 3.05) is 43.5 Å². The number of hydrogen-bond acceptors (Lipinski definition) is 18. The number of carbonyl (C=O) groups is 4. The molecule has 5 bridgehead atoms. The third-order valence-electron chi connectivity index (χ3n) is 15.3. The molecule has 0 saturated carbocycles. The van der Waals surface area contributed by atoms with Crippen molar-refractivity contribution in [2.45, 2.75) is 85.6 Å². The van der Waals surface area contributed by atoms with E-state index >= 15 is 8.78 Å². The van der Waals surface area contributed by atoms with Crippen molar-refractivity contribution < 1.29 is 81.9 Å². The molecule has 3 aromatic carbocycles. The quantitative estimate of drug-likeness (QED) is 0.0385. The summed E-state index contributed by atoms with van der Waals surface area (Å²) < 4.78 is 69.7. The van der Waals surface area contributed by atoms with Crippen molar-refractivity contribution in [3.05, 3.63) is 117 Å². The number of aromatic carboxylic acids is 1. The van der Waals surface area contributed by atoms with Crippen molar-refractivity contribution in [1.29, 1.82) is 0 Å². The van der Waals surface area contributed by atoms with E-state index in [0.717, 1.165) is 41.4 Å². The number of methoxy groups -OCH3 is 1. The molecule has 4 aliphatic heterocycles. The Balaban J connectivity index is 1.19. The van der Waals surface area contributed by atoms with Crippen molar-refractivity contribution in [2.24, 2.45) is 28.8 Å². The van der Waals surface area contributed by atoms with Crippen molar-refractivity contribution in [1.82, 2.24) is 14.6 Å². The molecule has 0 aliphatic carbocycles. The van der Waals surface area contributed by atoms with Gasteiger partial charge in [0.2, 0.25) is 5.43 Å². The summed E-state index contributed by atoms with van der Waals surface area (Å²) in [6.07, 6.45) is 4.77. The minimum atomic E-state index is -2.19. The molecule has 6 heterocycles. The van der Waals surface area contributed by atoms with Crippen LogP contribution in [0.1, 0.15) is 80.3 Å². The van der Waals surface area contributed by atoms with Gasteiger partial charge >= 0.3 is 17.7 Å². The number of carboxylic acids is 1. The van der Waals surface area contributed by atoms with Gasteiger partial charge in [0.05, 0.1) is 77.2 Å². The Morgan fingerprint density at radius 3 is 2.23 bits per heavy atom. The van der Waals surface area contributed by atoms with Crippen LogP contribution < -0.4 is 20.4 Å². The minimum Gasteiger partial charge on any atom is -0.507 e. The molecule has 1 amide bonds. The number of aromatic nitrogens is 2. The molecule has 1 saturated heterocycles. The summed E-state index contributed by atoms with van der Waals surface area (Å²) in [4.78, 5) is 72.4. The molecule has 0 radical (unpaired) electrons. The number of fused-ring (bicyclic) bond motifs is 15. The van der Waals surface area contributed by atoms with Gasteiger partial charge in [-0.05, 0) is 38.1 Å². The number of rotatable bonds is 7. The largest absolute Gasteiger partial charge is 0.507 e. The van der Waals surface area contributed by atoms with Gasteiger partial charge in [-0.3, -0.25) is 28.8 Å². The molecule has 1 fully saturated rings. The standard InChI is InChI=1S/C57H61F3N6O15/c1-25-11-10-12-26(2)55(75)62-43-34(23-61-65-18-16-64(17-19-65)54-37(60)22-33-47(71)35(56(76)77)24-66(53(33)63-54)38-14-13-32(58)21-36(38)59)48(72)40-41(49(43)73)46(70)30(6)51-42(40)52(74)57(8,81-51)79-20-15-39(78-9)27(3)50(80-31(7)67)29(5)45(69)28(4)44(25)68/h10-15,20-25,27-29,39,44-45,50,68-70,72-73H,16-19H2,1-9H3,(H,62,75)(H,76,77)/b11-10+,20-15+,26-12-,61-23+/t25-,27-,28-,29-,39+,44+,45+,50-,57+/m1/s1. The van der Waals surface area contributed by atoms with E-state index in [9.17, 15) is 59.0 Å². The van der Waals surface area contributed by atoms with E-state index in [1.54, 1.807) is 33.8 Å². The highest BCUT2D eigenvalue weighted by Crippen LogP contribution is 2.55. The molecule has 24 heteroatoms. The fraction of sp³-hybridized carbons (Fsp3) is 0.386. The van der Waals surface area contributed by atoms with Crippen LogP contribution in [0, 0.1) is 48.0 Å². The molecular weight excluding hydrogens is 1070 g/mol. The Kier molecular flexibility index (Phi) is 16.6. The molecule has 9 rings (SSSR count). The van der Waals surface area contributed by atoms with Gasteiger partial charge in [0.1, 0.15) is 40.6 Å². The third kappa shape index (κ3) is 11.0. The van der Waals surface area contributed by atoms with Gasteiger partial charge in [0, 0.05) is 86.5 Å². The number of carboxylic acid groups (broad SMARTS) is 1. The second-order valence-corrected chi connectivity index (χ2v) is 20.6. The number of aliphatic hydroxyl groups excluding tert-OH is 2. The first-order chi connectivity index (χ1) is 38.2. The van der Waals surface area contributed by atoms with E-state index in [-0.39, 0.29) is 71.3 Å². The second kappa shape index (κ2) is 22.9. The molecule has 2 aromatic heterocycles. The van der Waals surface area contributed by atoms with Crippen LogP contribution in [0.2, 0.25) is 0 Å². The molecule has 430 valence electrons. The van der Waals surface area contributed by atoms with Crippen LogP contribution in [0.5, 0.6) is 23.0 Å². The number of esters is 1. The van der Waals surface area contributed by atoms with Crippen molar-refractivity contribution >= 4 is 63.2 Å². The maximum Gasteiger partial charge on any atom is 0.341 e. The SMILES string of the molecule is CO[C@H]1/C=C/O[C@@]2(C)Oc3c(C)c(O)c4c(O)c(c(/C=N/N5CCN(c6nc7c(cc6F)c(=O)c(C(=O)O)cn7-c6ccc(F)cc6F)CC5)c(O)c4c3C2=O)NC(=O)/C(C)=C\C=C\[C@@H](C)[C@H](O)[C@@H](C)[C@H](O)[C@@H](C)[C@H](OC(C)=O)[C@@H]1C. The number of pyridine rings is 2. The van der Waals surface area contributed by atoms with Gasteiger partial charge in [-0.25, -0.2) is 22.9 Å². The normalized spacial score (nSPS) is 26.3. The van der Waals surface area contributed by atoms with Crippen LogP contribution in [-0.4, -0.2) is 139 Å². The third-order valence-corrected chi connectivity index (χ3v) is 15.3. The van der Waals surface area contributed by atoms with Crippen LogP contribution in [-0.2, 0) is 23.8 Å². The number of ketones is 1. The summed E-state index contributed by atoms with van der Waals surface area (Å²) in [6, 6.07) is 3.24. The van der Waals surface area contributed by atoms with Gasteiger partial charge in [-0.2, -0.15) is 5.10 Å². The Morgan fingerprint density at radius 2 is 1.59 bits per heavy atom. The Hall–Kier alpha value is -8.48. The van der Waals surface area contributed by atoms with Crippen LogP contribution in [0.15, 0.2) is 76.5 Å². The van der Waals surface area contributed by atoms with Crippen LogP contribution in [0.25, 0.3) is 27.5 Å². The smallest absolute Gasteiger partial charge is 0.341 e. The number of ether oxygens (including phenoxy) is 4. The van der Waals surface area contributed by atoms with Gasteiger partial charge in [0.15, 0.2) is 23.0 Å². The number of anilines is 2. The molecule has 81 heavy (non-hydrogen) atoms. The number of carbonyl (C=O) groups excluding carboxylic acids is 3. The number of Topliss-reactive ketones (excluding diaryl/α,β-unsaturated/α-hetero) is 1. The number of nitrogens with zero attached hydrogens (tertiary/aromatic N) is 5. The van der Waals surface area contributed by atoms with E-state index in [2.05, 4.69) is 15.4 Å². The molecule has 9 atom stereocenters. The minimum absolute atomic E-state index is 0.00508. The fourth-order valence-electron chi connectivity index (χ4n) is 10.5. The lowest BCUT2D eigenvalue weighted by Crippen LogP contribution is -2.46. The zero-order valence-electron chi connectivity index (χ0n) is 45.5. The van der Waals surface area contributed by atoms with Crippen LogP contribution >= 0.6 is 0 Å². The number of phenols is 3. The monoisotopic (exact) mass is 1130 g/mol. The zero-order valence-corrected chi connectivity index (χ0v) is 45.5. The maximum atomic E-state index is 16.0. The average molecular weight is 1130 g/mol. The van der Waals surface area contributed by atoms with Gasteiger partial charge in [0.25, 0.3) is 11.7 Å². The fourth-order valence-corrected chi connectivity index (χ4v) is 10.5. The van der Waals surface area contributed by atoms with Crippen molar-refractivity contribution in [3.63, 3.8) is 0 Å². The lowest BCUT2D eigenvalue weighted by Gasteiger charge is -2.38. The molecule has 21 nitrogen and oxygen atoms in total. The highest BCUT2D eigenvalue weighted by atomic mass is 19.1. The predicted molar refractivity (Wildman–Crippen MR) is 289 cm³/mol. The highest BCUT2D eigenvalue weighted by molar-refractivity contribution is 6.24. The summed E-state index contributed by atoms with van der Waals surface area (Å²) in [5.41, 5.74) is -3.77. The van der Waals surface area contributed by atoms with E-state index in [1.807, 2.05) is 0 Å². The molecule has 5 aromatic rings. The Labute approximate surface area is 461 Å². The zero-order chi connectivity index (χ0) is 59.3. The number of phenolic OH excluding ortho intramolecular Hbond substituents is 3. The lowest BCUT2D eigenvalue weighted by molar-refractivity contribution is -0.160. The first kappa shape index (κ1) is 58.7. The number of nitrogens with one attached hydrogen (secondary N) is 1. The van der Waals surface area contributed by atoms with Crippen LogP contribution in [0.3, 0.4) is 0 Å². The number of hydrogen-bond donors (Lipinski definition) is 7. The first-order valence-electron chi connectivity index (χ1n) is 25.8. The number of benzene rings is 3. The summed E-state index contributed by atoms with van der Waals surface area (Å²) in [5, 5.41) is 76.5. The van der Waals surface area contributed by atoms with Crippen molar-refractivity contribution in [3.8, 4) is 28.7 Å². The molecule has 0 spiro atoms. The van der Waals surface area contributed by atoms with Gasteiger partial charge in [-0.15, -0.1) is 0 Å². The van der Waals surface area contributed by atoms with Crippen LogP contribution in [0.4, 0.5) is 24.7 Å². The lowest BCUT2D eigenvalue weighted by atomic mass is 9.78. The number of allylic oxidation sites excluding steroid dienone is 2. The second-order valence-electron chi connectivity index (χ2n) is 20.6. The number of amides is 1.